The molecule has 0 spiro atoms. The van der Waals surface area contributed by atoms with E-state index in [1.54, 1.807) is 54.6 Å². The molecule has 0 saturated heterocycles. The van der Waals surface area contributed by atoms with E-state index >= 15 is 0 Å². The van der Waals surface area contributed by atoms with Crippen molar-refractivity contribution >= 4 is 33.7 Å². The summed E-state index contributed by atoms with van der Waals surface area (Å²) in [7, 11) is 1.53. The van der Waals surface area contributed by atoms with Gasteiger partial charge in [0.05, 0.1) is 22.8 Å². The van der Waals surface area contributed by atoms with Crippen molar-refractivity contribution in [3.63, 3.8) is 0 Å². The minimum absolute atomic E-state index is 0.0533. The maximum atomic E-state index is 14.6. The highest BCUT2D eigenvalue weighted by molar-refractivity contribution is 5.93. The van der Waals surface area contributed by atoms with Gasteiger partial charge in [-0.05, 0) is 36.4 Å². The number of ether oxygens (including phenoxy) is 4. The number of halogens is 6. The summed E-state index contributed by atoms with van der Waals surface area (Å²) in [5, 5.41) is 0.877. The molecule has 7 aromatic rings. The van der Waals surface area contributed by atoms with Gasteiger partial charge < -0.3 is 18.9 Å². The van der Waals surface area contributed by atoms with E-state index in [0.717, 1.165) is 38.5 Å². The number of fused-ring (bicyclic) bond motifs is 2. The predicted octanol–water partition coefficient (Wildman–Crippen LogP) is 9.53. The van der Waals surface area contributed by atoms with Gasteiger partial charge in [-0.3, -0.25) is 0 Å². The molecule has 9 nitrogen and oxygen atoms in total. The minimum atomic E-state index is -5.20. The Kier molecular flexibility index (Phi) is 10.4. The molecule has 3 aromatic heterocycles. The number of benzene rings is 4. The van der Waals surface area contributed by atoms with Gasteiger partial charge in [0.1, 0.15) is 11.0 Å². The van der Waals surface area contributed by atoms with Crippen LogP contribution in [0.1, 0.15) is 11.1 Å². The SMILES string of the molecule is COC(C(=O)Oc1cccc2ccc(-c3cccc(-c4ccc5cccc(OC(=O)[C@](OC)(c6ccccc6)C(F)(F)F)c5n4)n3)nc12)(c1ccccc1)C(F)(F)F. The molecule has 15 heteroatoms. The van der Waals surface area contributed by atoms with Gasteiger partial charge in [-0.2, -0.15) is 26.3 Å². The monoisotopic (exact) mass is 797 g/mol. The van der Waals surface area contributed by atoms with Gasteiger partial charge in [0.15, 0.2) is 11.5 Å². The van der Waals surface area contributed by atoms with E-state index in [1.165, 1.54) is 60.7 Å². The van der Waals surface area contributed by atoms with E-state index < -0.39 is 46.6 Å². The molecule has 2 atom stereocenters. The maximum Gasteiger partial charge on any atom is 0.432 e. The molecule has 0 aliphatic carbocycles. The summed E-state index contributed by atoms with van der Waals surface area (Å²) in [4.78, 5) is 40.8. The number of aromatic nitrogens is 3. The van der Waals surface area contributed by atoms with Crippen LogP contribution in [0.2, 0.25) is 0 Å². The van der Waals surface area contributed by atoms with Gasteiger partial charge in [0.2, 0.25) is 0 Å². The third-order valence-corrected chi connectivity index (χ3v) is 9.39. The number of carbonyl (C=O) groups excluding carboxylic acids is 2. The van der Waals surface area contributed by atoms with Gasteiger partial charge in [-0.25, -0.2) is 24.5 Å². The van der Waals surface area contributed by atoms with Crippen molar-refractivity contribution in [3.05, 3.63) is 151 Å². The first kappa shape index (κ1) is 39.5. The van der Waals surface area contributed by atoms with Gasteiger partial charge in [-0.15, -0.1) is 0 Å². The van der Waals surface area contributed by atoms with Crippen molar-refractivity contribution in [2.45, 2.75) is 23.6 Å². The van der Waals surface area contributed by atoms with Crippen LogP contribution in [0.3, 0.4) is 0 Å². The Balaban J connectivity index is 1.23. The molecule has 0 fully saturated rings. The number of para-hydroxylation sites is 2. The quantitative estimate of drug-likeness (QED) is 0.0760. The van der Waals surface area contributed by atoms with E-state index in [4.69, 9.17) is 18.9 Å². The standard InChI is InChI=1S/C43H29F6N3O6/c1-55-40(42(44,45)46,28-14-5-3-6-15-28)38(53)57-34-20-9-12-26-22-24-32(51-36(26)34)30-18-11-19-31(50-30)33-25-23-27-13-10-21-35(37(27)52-33)58-39(54)41(56-2,43(47,48)49)29-16-7-4-8-17-29/h3-25H,1-2H3/t40-,41?/m1/s1. The molecule has 0 aliphatic heterocycles. The van der Waals surface area contributed by atoms with Crippen molar-refractivity contribution in [2.24, 2.45) is 0 Å². The summed E-state index contributed by atoms with van der Waals surface area (Å²) < 4.78 is 108. The third kappa shape index (κ3) is 6.88. The number of methoxy groups -OCH3 is 2. The Morgan fingerprint density at radius 1 is 0.431 bits per heavy atom. The van der Waals surface area contributed by atoms with Crippen LogP contribution in [0, 0.1) is 0 Å². The van der Waals surface area contributed by atoms with E-state index in [2.05, 4.69) is 15.0 Å². The lowest BCUT2D eigenvalue weighted by molar-refractivity contribution is -0.273. The van der Waals surface area contributed by atoms with Crippen molar-refractivity contribution in [1.82, 2.24) is 15.0 Å². The average molecular weight is 798 g/mol. The number of hydrogen-bond acceptors (Lipinski definition) is 9. The molecule has 58 heavy (non-hydrogen) atoms. The molecular formula is C43H29F6N3O6. The third-order valence-electron chi connectivity index (χ3n) is 9.39. The van der Waals surface area contributed by atoms with Gasteiger partial charge in [-0.1, -0.05) is 103 Å². The van der Waals surface area contributed by atoms with Crippen molar-refractivity contribution < 1.29 is 54.9 Å². The van der Waals surface area contributed by atoms with E-state index in [9.17, 15) is 35.9 Å². The number of rotatable bonds is 10. The molecule has 0 bridgehead atoms. The minimum Gasteiger partial charge on any atom is -0.422 e. The summed E-state index contributed by atoms with van der Waals surface area (Å²) in [5.74, 6) is -3.99. The number of alkyl halides is 6. The smallest absolute Gasteiger partial charge is 0.422 e. The van der Waals surface area contributed by atoms with E-state index in [1.807, 2.05) is 0 Å². The first-order valence-electron chi connectivity index (χ1n) is 17.3. The summed E-state index contributed by atoms with van der Waals surface area (Å²) in [6, 6.07) is 33.0. The van der Waals surface area contributed by atoms with Gasteiger partial charge in [0.25, 0.3) is 11.2 Å². The topological polar surface area (TPSA) is 110 Å². The zero-order chi connectivity index (χ0) is 41.3. The predicted molar refractivity (Wildman–Crippen MR) is 199 cm³/mol. The molecule has 0 saturated carbocycles. The molecular weight excluding hydrogens is 768 g/mol. The van der Waals surface area contributed by atoms with Crippen LogP contribution in [-0.2, 0) is 30.3 Å². The Morgan fingerprint density at radius 2 is 0.793 bits per heavy atom. The Bertz CT molecular complexity index is 2470. The molecule has 4 aromatic carbocycles. The van der Waals surface area contributed by atoms with Crippen LogP contribution < -0.4 is 9.47 Å². The lowest BCUT2D eigenvalue weighted by Crippen LogP contribution is -2.52. The molecule has 0 amide bonds. The van der Waals surface area contributed by atoms with Gasteiger partial charge in [0, 0.05) is 36.1 Å². The number of hydrogen-bond donors (Lipinski definition) is 0. The van der Waals surface area contributed by atoms with Crippen molar-refractivity contribution in [3.8, 4) is 34.3 Å². The summed E-state index contributed by atoms with van der Waals surface area (Å²) in [6.07, 6.45) is -10.4. The molecule has 0 aliphatic rings. The highest BCUT2D eigenvalue weighted by Crippen LogP contribution is 2.45. The number of pyridine rings is 3. The number of carbonyl (C=O) groups is 2. The molecule has 1 unspecified atom stereocenters. The van der Waals surface area contributed by atoms with Crippen LogP contribution in [0.4, 0.5) is 26.3 Å². The van der Waals surface area contributed by atoms with Crippen LogP contribution >= 0.6 is 0 Å². The van der Waals surface area contributed by atoms with Crippen LogP contribution in [0.25, 0.3) is 44.6 Å². The number of esters is 2. The Hall–Kier alpha value is -6.71. The fourth-order valence-corrected chi connectivity index (χ4v) is 6.53. The van der Waals surface area contributed by atoms with Crippen LogP contribution in [0.15, 0.2) is 140 Å². The van der Waals surface area contributed by atoms with Crippen LogP contribution in [-0.4, -0.2) is 53.5 Å². The summed E-state index contributed by atoms with van der Waals surface area (Å²) in [5.41, 5.74) is -6.68. The molecule has 294 valence electrons. The van der Waals surface area contributed by atoms with E-state index in [-0.39, 0.29) is 45.3 Å². The Morgan fingerprint density at radius 3 is 1.16 bits per heavy atom. The molecule has 3 heterocycles. The lowest BCUT2D eigenvalue weighted by Gasteiger charge is -2.32. The summed E-state index contributed by atoms with van der Waals surface area (Å²) in [6.45, 7) is 0. The summed E-state index contributed by atoms with van der Waals surface area (Å²) >= 11 is 0. The van der Waals surface area contributed by atoms with Gasteiger partial charge >= 0.3 is 24.3 Å². The second-order valence-corrected chi connectivity index (χ2v) is 12.7. The zero-order valence-corrected chi connectivity index (χ0v) is 30.3. The fourth-order valence-electron chi connectivity index (χ4n) is 6.53. The molecule has 7 rings (SSSR count). The van der Waals surface area contributed by atoms with Crippen molar-refractivity contribution in [2.75, 3.05) is 14.2 Å². The second kappa shape index (κ2) is 15.3. The van der Waals surface area contributed by atoms with E-state index in [0.29, 0.717) is 10.8 Å². The normalized spacial score (nSPS) is 14.1. The highest BCUT2D eigenvalue weighted by atomic mass is 19.4. The second-order valence-electron chi connectivity index (χ2n) is 12.7. The molecule has 0 N–H and O–H groups in total. The molecule has 0 radical (unpaired) electrons. The maximum absolute atomic E-state index is 14.6. The average Bonchev–Trinajstić information content (AvgIpc) is 3.21. The largest absolute Gasteiger partial charge is 0.432 e. The number of nitrogens with zero attached hydrogens (tertiary/aromatic N) is 3. The fraction of sp³-hybridized carbons (Fsp3) is 0.140. The van der Waals surface area contributed by atoms with Crippen molar-refractivity contribution in [1.29, 1.82) is 0 Å². The highest BCUT2D eigenvalue weighted by Gasteiger charge is 2.65. The zero-order valence-electron chi connectivity index (χ0n) is 30.3. The first-order valence-corrected chi connectivity index (χ1v) is 17.3. The lowest BCUT2D eigenvalue weighted by atomic mass is 9.92. The first-order chi connectivity index (χ1) is 27.7. The van der Waals surface area contributed by atoms with Crippen LogP contribution in [0.5, 0.6) is 11.5 Å². The Labute approximate surface area is 325 Å².